The molecule has 1 aliphatic heterocycles. The molecule has 118 valence electrons. The van der Waals surface area contributed by atoms with Crippen molar-refractivity contribution in [3.63, 3.8) is 0 Å². The van der Waals surface area contributed by atoms with Gasteiger partial charge in [-0.2, -0.15) is 4.98 Å². The third kappa shape index (κ3) is 3.11. The second kappa shape index (κ2) is 6.04. The fraction of sp³-hybridized carbons (Fsp3) is 0.500. The van der Waals surface area contributed by atoms with Gasteiger partial charge in [0.25, 0.3) is 0 Å². The van der Waals surface area contributed by atoms with E-state index in [2.05, 4.69) is 10.1 Å². The topological polar surface area (TPSA) is 51.4 Å². The highest BCUT2D eigenvalue weighted by molar-refractivity contribution is 5.30. The maximum atomic E-state index is 13.1. The van der Waals surface area contributed by atoms with Crippen molar-refractivity contribution in [2.75, 3.05) is 18.0 Å². The van der Waals surface area contributed by atoms with Crippen molar-refractivity contribution in [3.05, 3.63) is 41.5 Å². The van der Waals surface area contributed by atoms with Gasteiger partial charge in [-0.25, -0.2) is 4.39 Å². The van der Waals surface area contributed by atoms with E-state index in [-0.39, 0.29) is 23.9 Å². The monoisotopic (exact) mass is 305 g/mol. The Morgan fingerprint density at radius 1 is 1.23 bits per heavy atom. The summed E-state index contributed by atoms with van der Waals surface area (Å²) in [5.74, 6) is 0.680. The van der Waals surface area contributed by atoms with Crippen LogP contribution in [0.15, 0.2) is 28.8 Å². The van der Waals surface area contributed by atoms with E-state index in [1.807, 2.05) is 25.7 Å². The third-order valence-corrected chi connectivity index (χ3v) is 3.72. The Bertz CT molecular complexity index is 627. The minimum Gasteiger partial charge on any atom is -0.367 e. The zero-order chi connectivity index (χ0) is 15.7. The molecule has 0 aliphatic carbocycles. The van der Waals surface area contributed by atoms with Crippen molar-refractivity contribution in [1.82, 2.24) is 10.1 Å². The van der Waals surface area contributed by atoms with E-state index in [1.54, 1.807) is 12.1 Å². The van der Waals surface area contributed by atoms with Gasteiger partial charge in [0.05, 0.1) is 12.6 Å². The smallest absolute Gasteiger partial charge is 0.324 e. The molecule has 0 radical (unpaired) electrons. The Balaban J connectivity index is 1.79. The molecule has 1 aliphatic rings. The first kappa shape index (κ1) is 15.0. The Hall–Kier alpha value is -1.95. The summed E-state index contributed by atoms with van der Waals surface area (Å²) in [4.78, 5) is 6.47. The van der Waals surface area contributed by atoms with E-state index in [1.165, 1.54) is 12.1 Å². The van der Waals surface area contributed by atoms with Crippen LogP contribution in [-0.2, 0) is 4.74 Å². The van der Waals surface area contributed by atoms with Crippen LogP contribution in [0, 0.1) is 5.82 Å². The molecule has 2 unspecified atom stereocenters. The molecule has 0 spiro atoms. The third-order valence-electron chi connectivity index (χ3n) is 3.72. The van der Waals surface area contributed by atoms with Gasteiger partial charge in [-0.1, -0.05) is 31.1 Å². The molecule has 0 saturated carbocycles. The zero-order valence-corrected chi connectivity index (χ0v) is 13.0. The molecule has 2 heterocycles. The molecule has 0 bridgehead atoms. The second-order valence-corrected chi connectivity index (χ2v) is 5.98. The van der Waals surface area contributed by atoms with Crippen molar-refractivity contribution in [2.24, 2.45) is 0 Å². The van der Waals surface area contributed by atoms with Crippen LogP contribution in [0.25, 0.3) is 0 Å². The highest BCUT2D eigenvalue weighted by Gasteiger charge is 2.29. The number of benzene rings is 1. The Morgan fingerprint density at radius 2 is 1.95 bits per heavy atom. The average molecular weight is 305 g/mol. The van der Waals surface area contributed by atoms with Gasteiger partial charge in [0.15, 0.2) is 5.82 Å². The first-order valence-electron chi connectivity index (χ1n) is 7.52. The van der Waals surface area contributed by atoms with E-state index in [0.717, 1.165) is 5.56 Å². The molecule has 6 heteroatoms. The summed E-state index contributed by atoms with van der Waals surface area (Å²) in [6.07, 6.45) is -0.114. The predicted molar refractivity (Wildman–Crippen MR) is 80.3 cm³/mol. The number of hydrogen-bond acceptors (Lipinski definition) is 5. The number of aromatic nitrogens is 2. The number of morpholine rings is 1. The SMILES string of the molecule is CC1CN(c2nc(C(C)C)no2)CC(c2ccc(F)cc2)O1. The predicted octanol–water partition coefficient (Wildman–Crippen LogP) is 3.30. The lowest BCUT2D eigenvalue weighted by Gasteiger charge is -2.35. The van der Waals surface area contributed by atoms with Crippen molar-refractivity contribution in [2.45, 2.75) is 38.9 Å². The fourth-order valence-corrected chi connectivity index (χ4v) is 2.56. The van der Waals surface area contributed by atoms with Crippen LogP contribution in [0.3, 0.4) is 0 Å². The number of nitrogens with zero attached hydrogens (tertiary/aromatic N) is 3. The van der Waals surface area contributed by atoms with Crippen molar-refractivity contribution < 1.29 is 13.7 Å². The van der Waals surface area contributed by atoms with E-state index < -0.39 is 0 Å². The summed E-state index contributed by atoms with van der Waals surface area (Å²) >= 11 is 0. The normalized spacial score (nSPS) is 22.3. The van der Waals surface area contributed by atoms with Crippen molar-refractivity contribution in [3.8, 4) is 0 Å². The lowest BCUT2D eigenvalue weighted by Crippen LogP contribution is -2.43. The number of hydrogen-bond donors (Lipinski definition) is 0. The molecule has 22 heavy (non-hydrogen) atoms. The summed E-state index contributed by atoms with van der Waals surface area (Å²) in [6.45, 7) is 7.35. The Kier molecular flexibility index (Phi) is 4.11. The van der Waals surface area contributed by atoms with Gasteiger partial charge < -0.3 is 14.2 Å². The molecule has 2 aromatic rings. The molecular formula is C16H20FN3O2. The lowest BCUT2D eigenvalue weighted by atomic mass is 10.1. The van der Waals surface area contributed by atoms with Gasteiger partial charge in [-0.15, -0.1) is 0 Å². The maximum absolute atomic E-state index is 13.1. The largest absolute Gasteiger partial charge is 0.367 e. The summed E-state index contributed by atoms with van der Waals surface area (Å²) in [5.41, 5.74) is 0.946. The fourth-order valence-electron chi connectivity index (χ4n) is 2.56. The summed E-state index contributed by atoms with van der Waals surface area (Å²) in [5, 5.41) is 4.01. The molecule has 1 aromatic carbocycles. The molecule has 3 rings (SSSR count). The number of halogens is 1. The first-order chi connectivity index (χ1) is 10.5. The molecule has 0 amide bonds. The highest BCUT2D eigenvalue weighted by Crippen LogP contribution is 2.28. The van der Waals surface area contributed by atoms with Crippen molar-refractivity contribution in [1.29, 1.82) is 0 Å². The molecule has 1 fully saturated rings. The first-order valence-corrected chi connectivity index (χ1v) is 7.52. The Morgan fingerprint density at radius 3 is 2.59 bits per heavy atom. The number of ether oxygens (including phenoxy) is 1. The van der Waals surface area contributed by atoms with E-state index in [0.29, 0.717) is 24.9 Å². The highest BCUT2D eigenvalue weighted by atomic mass is 19.1. The van der Waals surface area contributed by atoms with E-state index in [9.17, 15) is 4.39 Å². The van der Waals surface area contributed by atoms with Crippen LogP contribution < -0.4 is 4.90 Å². The average Bonchev–Trinajstić information content (AvgIpc) is 2.97. The molecule has 1 saturated heterocycles. The van der Waals surface area contributed by atoms with Gasteiger partial charge in [-0.05, 0) is 24.6 Å². The molecular weight excluding hydrogens is 285 g/mol. The van der Waals surface area contributed by atoms with Crippen LogP contribution in [0.5, 0.6) is 0 Å². The van der Waals surface area contributed by atoms with Gasteiger partial charge in [0.2, 0.25) is 0 Å². The van der Waals surface area contributed by atoms with E-state index in [4.69, 9.17) is 9.26 Å². The quantitative estimate of drug-likeness (QED) is 0.871. The molecule has 1 aromatic heterocycles. The summed E-state index contributed by atoms with van der Waals surface area (Å²) in [7, 11) is 0. The Labute approximate surface area is 129 Å². The molecule has 0 N–H and O–H groups in total. The standard InChI is InChI=1S/C16H20FN3O2/c1-10(2)15-18-16(22-19-15)20-8-11(3)21-14(9-20)12-4-6-13(17)7-5-12/h4-7,10-11,14H,8-9H2,1-3H3. The van der Waals surface area contributed by atoms with Crippen molar-refractivity contribution >= 4 is 6.01 Å². The molecule has 2 atom stereocenters. The summed E-state index contributed by atoms with van der Waals surface area (Å²) in [6, 6.07) is 6.93. The summed E-state index contributed by atoms with van der Waals surface area (Å²) < 4.78 is 24.4. The number of anilines is 1. The minimum absolute atomic E-state index is 0.0261. The van der Waals surface area contributed by atoms with Gasteiger partial charge in [-0.3, -0.25) is 0 Å². The van der Waals surface area contributed by atoms with Crippen LogP contribution in [0.2, 0.25) is 0 Å². The van der Waals surface area contributed by atoms with E-state index >= 15 is 0 Å². The van der Waals surface area contributed by atoms with Gasteiger partial charge in [0, 0.05) is 12.5 Å². The van der Waals surface area contributed by atoms with Gasteiger partial charge >= 0.3 is 6.01 Å². The molecule has 5 nitrogen and oxygen atoms in total. The van der Waals surface area contributed by atoms with Crippen LogP contribution in [0.4, 0.5) is 10.4 Å². The van der Waals surface area contributed by atoms with Crippen LogP contribution in [0.1, 0.15) is 44.2 Å². The van der Waals surface area contributed by atoms with Crippen LogP contribution in [-0.4, -0.2) is 29.3 Å². The second-order valence-electron chi connectivity index (χ2n) is 5.98. The minimum atomic E-state index is -0.247. The maximum Gasteiger partial charge on any atom is 0.324 e. The zero-order valence-electron chi connectivity index (χ0n) is 13.0. The lowest BCUT2D eigenvalue weighted by molar-refractivity contribution is -0.0190. The van der Waals surface area contributed by atoms with Crippen LogP contribution >= 0.6 is 0 Å². The van der Waals surface area contributed by atoms with Gasteiger partial charge in [0.1, 0.15) is 11.9 Å². The number of rotatable bonds is 3.